The third-order valence-electron chi connectivity index (χ3n) is 3.94. The number of rotatable bonds is 13. The number of carbonyl (C=O) groups is 3. The predicted octanol–water partition coefficient (Wildman–Crippen LogP) is 0.955. The number of nitrogens with one attached hydrogen (secondary N) is 3. The highest BCUT2D eigenvalue weighted by atomic mass is 16.6. The summed E-state index contributed by atoms with van der Waals surface area (Å²) >= 11 is 0. The number of benzene rings is 1. The normalized spacial score (nSPS) is 11.4. The molecule has 0 aliphatic carbocycles. The van der Waals surface area contributed by atoms with E-state index in [2.05, 4.69) is 10.6 Å². The van der Waals surface area contributed by atoms with E-state index in [1.165, 1.54) is 0 Å². The molecular formula is C20H30N4O5. The molecule has 9 heteroatoms. The molecule has 0 spiro atoms. The van der Waals surface area contributed by atoms with Gasteiger partial charge in [0.15, 0.2) is 0 Å². The molecule has 1 aromatic rings. The summed E-state index contributed by atoms with van der Waals surface area (Å²) in [4.78, 5) is 35.6. The monoisotopic (exact) mass is 406 g/mol. The molecule has 0 aliphatic heterocycles. The van der Waals surface area contributed by atoms with Gasteiger partial charge in [-0.05, 0) is 31.9 Å². The minimum atomic E-state index is -0.718. The van der Waals surface area contributed by atoms with Crippen LogP contribution in [0.2, 0.25) is 0 Å². The van der Waals surface area contributed by atoms with Gasteiger partial charge in [0.2, 0.25) is 5.91 Å². The summed E-state index contributed by atoms with van der Waals surface area (Å²) in [6, 6.07) is 5.51. The first-order valence-corrected chi connectivity index (χ1v) is 9.61. The van der Waals surface area contributed by atoms with Crippen LogP contribution in [-0.4, -0.2) is 56.0 Å². The highest BCUT2D eigenvalue weighted by molar-refractivity contribution is 5.99. The van der Waals surface area contributed by atoms with Crippen LogP contribution in [-0.2, 0) is 19.1 Å². The lowest BCUT2D eigenvalue weighted by Crippen LogP contribution is -2.45. The molecule has 0 saturated carbocycles. The molecule has 2 amide bonds. The zero-order valence-electron chi connectivity index (χ0n) is 17.0. The van der Waals surface area contributed by atoms with E-state index in [-0.39, 0.29) is 18.3 Å². The van der Waals surface area contributed by atoms with Crippen LogP contribution in [0, 0.1) is 5.41 Å². The van der Waals surface area contributed by atoms with Gasteiger partial charge in [0.05, 0.1) is 6.61 Å². The van der Waals surface area contributed by atoms with Crippen LogP contribution in [0.15, 0.2) is 24.3 Å². The van der Waals surface area contributed by atoms with E-state index in [1.54, 1.807) is 31.2 Å². The molecular weight excluding hydrogens is 376 g/mol. The molecule has 1 aromatic carbocycles. The minimum Gasteiger partial charge on any atom is -0.464 e. The molecule has 1 rings (SSSR count). The van der Waals surface area contributed by atoms with E-state index in [0.717, 1.165) is 12.8 Å². The summed E-state index contributed by atoms with van der Waals surface area (Å²) in [6.07, 6.45) is 2.32. The number of hydrogen-bond acceptors (Lipinski definition) is 6. The van der Waals surface area contributed by atoms with Crippen molar-refractivity contribution in [2.24, 2.45) is 5.73 Å². The van der Waals surface area contributed by atoms with Gasteiger partial charge < -0.3 is 25.8 Å². The van der Waals surface area contributed by atoms with Gasteiger partial charge in [-0.3, -0.25) is 15.0 Å². The molecule has 29 heavy (non-hydrogen) atoms. The molecule has 5 N–H and O–H groups in total. The van der Waals surface area contributed by atoms with E-state index >= 15 is 0 Å². The molecule has 9 nitrogen and oxygen atoms in total. The summed E-state index contributed by atoms with van der Waals surface area (Å²) in [7, 11) is 0. The average Bonchev–Trinajstić information content (AvgIpc) is 2.70. The molecule has 0 radical (unpaired) electrons. The topological polar surface area (TPSA) is 144 Å². The number of ether oxygens (including phenoxy) is 2. The Morgan fingerprint density at radius 2 is 1.76 bits per heavy atom. The Labute approximate surface area is 170 Å². The number of nitrogen functional groups attached to an aromatic ring is 1. The minimum absolute atomic E-state index is 0.0814. The summed E-state index contributed by atoms with van der Waals surface area (Å²) in [5.41, 5.74) is 6.26. The van der Waals surface area contributed by atoms with Crippen LogP contribution >= 0.6 is 0 Å². The van der Waals surface area contributed by atoms with E-state index in [0.29, 0.717) is 37.3 Å². The van der Waals surface area contributed by atoms with Crippen molar-refractivity contribution in [2.45, 2.75) is 39.2 Å². The van der Waals surface area contributed by atoms with Gasteiger partial charge >= 0.3 is 5.97 Å². The van der Waals surface area contributed by atoms with E-state index in [9.17, 15) is 14.4 Å². The van der Waals surface area contributed by atoms with Gasteiger partial charge in [-0.25, -0.2) is 4.79 Å². The highest BCUT2D eigenvalue weighted by Crippen LogP contribution is 2.04. The first-order valence-electron chi connectivity index (χ1n) is 9.61. The Morgan fingerprint density at radius 3 is 2.38 bits per heavy atom. The number of amides is 2. The van der Waals surface area contributed by atoms with E-state index < -0.39 is 17.9 Å². The Kier molecular flexibility index (Phi) is 11.0. The van der Waals surface area contributed by atoms with Crippen molar-refractivity contribution in [3.05, 3.63) is 35.4 Å². The van der Waals surface area contributed by atoms with Crippen molar-refractivity contribution >= 4 is 23.6 Å². The summed E-state index contributed by atoms with van der Waals surface area (Å²) in [6.45, 7) is 4.56. The van der Waals surface area contributed by atoms with Crippen LogP contribution in [0.25, 0.3) is 0 Å². The SMILES string of the molecule is CCCCOC(=O)COCCCNC(=O)[C@H](C)NC(=O)c1ccc(C(=N)N)cc1. The lowest BCUT2D eigenvalue weighted by molar-refractivity contribution is -0.149. The van der Waals surface area contributed by atoms with Crippen molar-refractivity contribution in [1.29, 1.82) is 5.41 Å². The van der Waals surface area contributed by atoms with Gasteiger partial charge in [-0.2, -0.15) is 0 Å². The van der Waals surface area contributed by atoms with Gasteiger partial charge in [0.1, 0.15) is 18.5 Å². The fourth-order valence-electron chi connectivity index (χ4n) is 2.21. The van der Waals surface area contributed by atoms with E-state index in [1.807, 2.05) is 6.92 Å². The Bertz CT molecular complexity index is 691. The Hall–Kier alpha value is -2.94. The molecule has 0 fully saturated rings. The maximum atomic E-state index is 12.2. The lowest BCUT2D eigenvalue weighted by Gasteiger charge is -2.14. The lowest BCUT2D eigenvalue weighted by atomic mass is 10.1. The maximum absolute atomic E-state index is 12.2. The van der Waals surface area contributed by atoms with Crippen molar-refractivity contribution in [1.82, 2.24) is 10.6 Å². The molecule has 0 aromatic heterocycles. The number of esters is 1. The van der Waals surface area contributed by atoms with Crippen LogP contribution < -0.4 is 16.4 Å². The second-order valence-corrected chi connectivity index (χ2v) is 6.46. The number of hydrogen-bond donors (Lipinski definition) is 4. The second kappa shape index (κ2) is 13.3. The largest absolute Gasteiger partial charge is 0.464 e. The first kappa shape index (κ1) is 24.1. The molecule has 0 heterocycles. The summed E-state index contributed by atoms with van der Waals surface area (Å²) < 4.78 is 10.2. The first-order chi connectivity index (χ1) is 13.8. The average molecular weight is 406 g/mol. The van der Waals surface area contributed by atoms with Crippen LogP contribution in [0.4, 0.5) is 0 Å². The maximum Gasteiger partial charge on any atom is 0.332 e. The van der Waals surface area contributed by atoms with Crippen molar-refractivity contribution in [2.75, 3.05) is 26.4 Å². The number of unbranched alkanes of at least 4 members (excludes halogenated alkanes) is 1. The highest BCUT2D eigenvalue weighted by Gasteiger charge is 2.16. The van der Waals surface area contributed by atoms with Crippen molar-refractivity contribution in [3.8, 4) is 0 Å². The third kappa shape index (κ3) is 9.70. The van der Waals surface area contributed by atoms with Crippen molar-refractivity contribution < 1.29 is 23.9 Å². The van der Waals surface area contributed by atoms with E-state index in [4.69, 9.17) is 20.6 Å². The molecule has 0 bridgehead atoms. The third-order valence-corrected chi connectivity index (χ3v) is 3.94. The number of amidine groups is 1. The van der Waals surface area contributed by atoms with Gasteiger partial charge in [0.25, 0.3) is 5.91 Å². The molecule has 0 aliphatic rings. The zero-order valence-corrected chi connectivity index (χ0v) is 17.0. The van der Waals surface area contributed by atoms with Crippen LogP contribution in [0.5, 0.6) is 0 Å². The van der Waals surface area contributed by atoms with Gasteiger partial charge in [-0.1, -0.05) is 25.5 Å². The summed E-state index contributed by atoms with van der Waals surface area (Å²) in [5, 5.41) is 12.6. The number of carbonyl (C=O) groups excluding carboxylic acids is 3. The fourth-order valence-corrected chi connectivity index (χ4v) is 2.21. The van der Waals surface area contributed by atoms with Gasteiger partial charge in [-0.15, -0.1) is 0 Å². The van der Waals surface area contributed by atoms with Gasteiger partial charge in [0, 0.05) is 24.3 Å². The zero-order chi connectivity index (χ0) is 21.6. The van der Waals surface area contributed by atoms with Crippen molar-refractivity contribution in [3.63, 3.8) is 0 Å². The quantitative estimate of drug-likeness (QED) is 0.166. The standard InChI is InChI=1S/C20H30N4O5/c1-3-4-12-29-17(25)13-28-11-5-10-23-19(26)14(2)24-20(27)16-8-6-15(7-9-16)18(21)22/h6-9,14H,3-5,10-13H2,1-2H3,(H3,21,22)(H,23,26)(H,24,27)/t14-/m0/s1. The predicted molar refractivity (Wildman–Crippen MR) is 109 cm³/mol. The molecule has 0 saturated heterocycles. The van der Waals surface area contributed by atoms with Crippen LogP contribution in [0.3, 0.4) is 0 Å². The molecule has 1 atom stereocenters. The second-order valence-electron chi connectivity index (χ2n) is 6.46. The Balaban J connectivity index is 2.21. The molecule has 0 unspecified atom stereocenters. The van der Waals surface area contributed by atoms with Crippen LogP contribution in [0.1, 0.15) is 49.0 Å². The smallest absolute Gasteiger partial charge is 0.332 e. The Morgan fingerprint density at radius 1 is 1.10 bits per heavy atom. The molecule has 160 valence electrons. The summed E-state index contributed by atoms with van der Waals surface area (Å²) in [5.74, 6) is -1.19. The number of nitrogens with two attached hydrogens (primary N) is 1. The fraction of sp³-hybridized carbons (Fsp3) is 0.500.